The molecule has 1 rings (SSSR count). The summed E-state index contributed by atoms with van der Waals surface area (Å²) in [4.78, 5) is 6.44. The molecule has 0 unspecified atom stereocenters. The molecule has 0 aromatic rings. The van der Waals surface area contributed by atoms with E-state index in [1.54, 1.807) is 20.9 Å². The van der Waals surface area contributed by atoms with Gasteiger partial charge in [-0.05, 0) is 13.8 Å². The lowest BCUT2D eigenvalue weighted by atomic mass is 10.2. The lowest BCUT2D eigenvalue weighted by Crippen LogP contribution is -2.49. The van der Waals surface area contributed by atoms with Crippen molar-refractivity contribution < 1.29 is 13.2 Å². The molecule has 0 atom stereocenters. The minimum atomic E-state index is -3.11. The molecule has 0 radical (unpaired) electrons. The molecule has 1 fully saturated rings. The van der Waals surface area contributed by atoms with E-state index in [0.29, 0.717) is 12.5 Å². The molecule has 1 aliphatic rings. The predicted molar refractivity (Wildman–Crippen MR) is 85.5 cm³/mol. The van der Waals surface area contributed by atoms with Crippen LogP contribution in [0.4, 0.5) is 0 Å². The minimum absolute atomic E-state index is 0.322. The number of nitrogens with one attached hydrogen (secondary N) is 2. The zero-order valence-corrected chi connectivity index (χ0v) is 14.3. The number of nitrogens with zero attached hydrogens (tertiary/aromatic N) is 2. The Morgan fingerprint density at radius 2 is 1.90 bits per heavy atom. The van der Waals surface area contributed by atoms with Crippen LogP contribution >= 0.6 is 0 Å². The zero-order valence-electron chi connectivity index (χ0n) is 13.5. The van der Waals surface area contributed by atoms with Crippen molar-refractivity contribution in [2.24, 2.45) is 4.99 Å². The maximum absolute atomic E-state index is 11.7. The highest BCUT2D eigenvalue weighted by Gasteiger charge is 2.30. The molecule has 0 bridgehead atoms. The van der Waals surface area contributed by atoms with Crippen molar-refractivity contribution >= 4 is 15.8 Å². The van der Waals surface area contributed by atoms with Gasteiger partial charge < -0.3 is 15.4 Å². The minimum Gasteiger partial charge on any atom is -0.379 e. The van der Waals surface area contributed by atoms with Crippen LogP contribution in [0.1, 0.15) is 13.8 Å². The molecular formula is C13H28N4O3S. The highest BCUT2D eigenvalue weighted by molar-refractivity contribution is 7.92. The Morgan fingerprint density at radius 1 is 1.29 bits per heavy atom. The van der Waals surface area contributed by atoms with E-state index in [1.807, 2.05) is 0 Å². The maximum Gasteiger partial charge on any atom is 0.191 e. The predicted octanol–water partition coefficient (Wildman–Crippen LogP) is -0.693. The van der Waals surface area contributed by atoms with Crippen molar-refractivity contribution in [1.82, 2.24) is 15.5 Å². The van der Waals surface area contributed by atoms with Crippen LogP contribution in [-0.2, 0) is 14.6 Å². The van der Waals surface area contributed by atoms with Crippen LogP contribution in [0.25, 0.3) is 0 Å². The molecular weight excluding hydrogens is 292 g/mol. The first-order chi connectivity index (χ1) is 9.76. The van der Waals surface area contributed by atoms with Crippen molar-refractivity contribution in [2.75, 3.05) is 59.2 Å². The summed E-state index contributed by atoms with van der Waals surface area (Å²) in [5.41, 5.74) is 0. The van der Waals surface area contributed by atoms with Crippen molar-refractivity contribution in [3.63, 3.8) is 0 Å². The molecule has 0 aliphatic carbocycles. The highest BCUT2D eigenvalue weighted by Crippen LogP contribution is 2.13. The van der Waals surface area contributed by atoms with Gasteiger partial charge in [0.05, 0.1) is 18.0 Å². The van der Waals surface area contributed by atoms with E-state index in [9.17, 15) is 8.42 Å². The fourth-order valence-electron chi connectivity index (χ4n) is 1.81. The Balaban J connectivity index is 2.32. The molecule has 8 heteroatoms. The highest BCUT2D eigenvalue weighted by atomic mass is 32.2. The molecule has 21 heavy (non-hydrogen) atoms. The van der Waals surface area contributed by atoms with Gasteiger partial charge in [-0.25, -0.2) is 8.42 Å². The quantitative estimate of drug-likeness (QED) is 0.498. The van der Waals surface area contributed by atoms with Crippen LogP contribution in [-0.4, -0.2) is 83.3 Å². The fourth-order valence-corrected chi connectivity index (χ4v) is 2.14. The Kier molecular flexibility index (Phi) is 6.89. The number of rotatable bonds is 6. The van der Waals surface area contributed by atoms with Gasteiger partial charge in [-0.1, -0.05) is 0 Å². The first-order valence-electron chi connectivity index (χ1n) is 7.20. The number of aliphatic imine (C=N–C) groups is 1. The summed E-state index contributed by atoms with van der Waals surface area (Å²) in [6.45, 7) is 8.89. The van der Waals surface area contributed by atoms with E-state index in [-0.39, 0.29) is 0 Å². The van der Waals surface area contributed by atoms with E-state index in [4.69, 9.17) is 4.74 Å². The SMILES string of the molecule is CN=C(NCCN1CCOCC1)NCC(C)(C)S(C)(=O)=O. The van der Waals surface area contributed by atoms with E-state index < -0.39 is 14.6 Å². The molecule has 0 saturated carbocycles. The standard InChI is InChI=1S/C13H28N4O3S/c1-13(2,21(4,18)19)11-16-12(14-3)15-5-6-17-7-9-20-10-8-17/h5-11H2,1-4H3,(H2,14,15,16). The largest absolute Gasteiger partial charge is 0.379 e. The van der Waals surface area contributed by atoms with Crippen LogP contribution in [0.3, 0.4) is 0 Å². The Bertz CT molecular complexity index is 442. The molecule has 0 aromatic heterocycles. The lowest BCUT2D eigenvalue weighted by Gasteiger charge is -2.27. The summed E-state index contributed by atoms with van der Waals surface area (Å²) in [6, 6.07) is 0. The lowest BCUT2D eigenvalue weighted by molar-refractivity contribution is 0.0389. The van der Waals surface area contributed by atoms with Crippen LogP contribution in [0.15, 0.2) is 4.99 Å². The molecule has 1 heterocycles. The van der Waals surface area contributed by atoms with Gasteiger partial charge in [0.1, 0.15) is 0 Å². The van der Waals surface area contributed by atoms with Gasteiger partial charge in [0.25, 0.3) is 0 Å². The first-order valence-corrected chi connectivity index (χ1v) is 9.09. The molecule has 1 saturated heterocycles. The molecule has 2 N–H and O–H groups in total. The average Bonchev–Trinajstić information content (AvgIpc) is 2.42. The van der Waals surface area contributed by atoms with Gasteiger partial charge in [-0.3, -0.25) is 9.89 Å². The van der Waals surface area contributed by atoms with Crippen molar-refractivity contribution in [3.8, 4) is 0 Å². The number of ether oxygens (including phenoxy) is 1. The monoisotopic (exact) mass is 320 g/mol. The summed E-state index contributed by atoms with van der Waals surface area (Å²) in [5.74, 6) is 0.625. The number of morpholine rings is 1. The van der Waals surface area contributed by atoms with E-state index in [0.717, 1.165) is 39.4 Å². The second-order valence-electron chi connectivity index (χ2n) is 5.84. The summed E-state index contributed by atoms with van der Waals surface area (Å²) >= 11 is 0. The average molecular weight is 320 g/mol. The number of sulfone groups is 1. The van der Waals surface area contributed by atoms with E-state index >= 15 is 0 Å². The van der Waals surface area contributed by atoms with Crippen LogP contribution in [0.2, 0.25) is 0 Å². The van der Waals surface area contributed by atoms with Crippen LogP contribution in [0.5, 0.6) is 0 Å². The molecule has 124 valence electrons. The zero-order chi connectivity index (χ0) is 15.9. The van der Waals surface area contributed by atoms with Gasteiger partial charge in [0.15, 0.2) is 15.8 Å². The van der Waals surface area contributed by atoms with E-state index in [2.05, 4.69) is 20.5 Å². The Hall–Kier alpha value is -0.860. The Morgan fingerprint density at radius 3 is 2.43 bits per heavy atom. The van der Waals surface area contributed by atoms with E-state index in [1.165, 1.54) is 6.26 Å². The fraction of sp³-hybridized carbons (Fsp3) is 0.923. The van der Waals surface area contributed by atoms with Gasteiger partial charge >= 0.3 is 0 Å². The van der Waals surface area contributed by atoms with Crippen molar-refractivity contribution in [3.05, 3.63) is 0 Å². The Labute approximate surface area is 128 Å². The van der Waals surface area contributed by atoms with Crippen molar-refractivity contribution in [1.29, 1.82) is 0 Å². The summed E-state index contributed by atoms with van der Waals surface area (Å²) in [7, 11) is -1.43. The third-order valence-electron chi connectivity index (χ3n) is 3.73. The molecule has 0 amide bonds. The summed E-state index contributed by atoms with van der Waals surface area (Å²) in [6.07, 6.45) is 1.25. The second-order valence-corrected chi connectivity index (χ2v) is 8.49. The number of hydrogen-bond donors (Lipinski definition) is 2. The third-order valence-corrected chi connectivity index (χ3v) is 5.88. The summed E-state index contributed by atoms with van der Waals surface area (Å²) in [5, 5.41) is 6.27. The first kappa shape index (κ1) is 18.2. The van der Waals surface area contributed by atoms with Crippen LogP contribution < -0.4 is 10.6 Å². The molecule has 0 aromatic carbocycles. The maximum atomic E-state index is 11.7. The van der Waals surface area contributed by atoms with Gasteiger partial charge in [-0.2, -0.15) is 0 Å². The normalized spacial score (nSPS) is 18.6. The smallest absolute Gasteiger partial charge is 0.191 e. The molecule has 7 nitrogen and oxygen atoms in total. The molecule has 0 spiro atoms. The number of hydrogen-bond acceptors (Lipinski definition) is 5. The third kappa shape index (κ3) is 6.19. The molecule has 1 aliphatic heterocycles. The topological polar surface area (TPSA) is 83.0 Å². The van der Waals surface area contributed by atoms with Gasteiger partial charge in [-0.15, -0.1) is 0 Å². The summed E-state index contributed by atoms with van der Waals surface area (Å²) < 4.78 is 27.8. The number of guanidine groups is 1. The van der Waals surface area contributed by atoms with Gasteiger partial charge in [0, 0.05) is 46.0 Å². The van der Waals surface area contributed by atoms with Crippen LogP contribution in [0, 0.1) is 0 Å². The van der Waals surface area contributed by atoms with Crippen molar-refractivity contribution in [2.45, 2.75) is 18.6 Å². The van der Waals surface area contributed by atoms with Gasteiger partial charge in [0.2, 0.25) is 0 Å². The second kappa shape index (κ2) is 7.95.